The fourth-order valence-electron chi connectivity index (χ4n) is 2.39. The summed E-state index contributed by atoms with van der Waals surface area (Å²) in [6.07, 6.45) is 0. The zero-order valence-corrected chi connectivity index (χ0v) is 11.8. The van der Waals surface area contributed by atoms with Crippen LogP contribution in [0.5, 0.6) is 11.5 Å². The van der Waals surface area contributed by atoms with E-state index in [4.69, 9.17) is 0 Å². The molecule has 112 valence electrons. The van der Waals surface area contributed by atoms with Gasteiger partial charge in [-0.2, -0.15) is 0 Å². The minimum absolute atomic E-state index is 0.0400. The van der Waals surface area contributed by atoms with Crippen molar-refractivity contribution in [2.75, 3.05) is 0 Å². The second-order valence-corrected chi connectivity index (χ2v) is 4.99. The first-order valence-corrected chi connectivity index (χ1v) is 6.62. The molecule has 0 heterocycles. The van der Waals surface area contributed by atoms with Crippen LogP contribution in [0.4, 0.5) is 8.78 Å². The Morgan fingerprint density at radius 3 is 2.14 bits per heavy atom. The first-order valence-electron chi connectivity index (χ1n) is 6.62. The molecule has 0 aliphatic rings. The first kappa shape index (κ1) is 15.3. The van der Waals surface area contributed by atoms with Crippen LogP contribution in [0.15, 0.2) is 36.4 Å². The summed E-state index contributed by atoms with van der Waals surface area (Å²) in [5.41, 5.74) is 0.657. The average Bonchev–Trinajstić information content (AvgIpc) is 2.37. The molecule has 3 N–H and O–H groups in total. The molecule has 2 rings (SSSR count). The second kappa shape index (κ2) is 6.10. The van der Waals surface area contributed by atoms with Crippen molar-refractivity contribution < 1.29 is 19.0 Å². The number of phenols is 2. The number of halogens is 2. The van der Waals surface area contributed by atoms with Crippen LogP contribution in [-0.2, 0) is 0 Å². The van der Waals surface area contributed by atoms with Gasteiger partial charge in [0.1, 0.15) is 23.1 Å². The van der Waals surface area contributed by atoms with Crippen LogP contribution in [0.1, 0.15) is 37.1 Å². The molecule has 0 saturated heterocycles. The SMILES string of the molecule is CC(NC(C)c1c(O)cccc1O)c1ccc(F)cc1F. The highest BCUT2D eigenvalue weighted by Gasteiger charge is 2.19. The quantitative estimate of drug-likeness (QED) is 0.804. The van der Waals surface area contributed by atoms with Crippen LogP contribution in [0, 0.1) is 11.6 Å². The summed E-state index contributed by atoms with van der Waals surface area (Å²) in [6.45, 7) is 3.47. The van der Waals surface area contributed by atoms with Gasteiger partial charge in [0.15, 0.2) is 0 Å². The van der Waals surface area contributed by atoms with Gasteiger partial charge in [-0.1, -0.05) is 12.1 Å². The number of aromatic hydroxyl groups is 2. The summed E-state index contributed by atoms with van der Waals surface area (Å²) in [7, 11) is 0. The summed E-state index contributed by atoms with van der Waals surface area (Å²) >= 11 is 0. The highest BCUT2D eigenvalue weighted by molar-refractivity contribution is 5.45. The van der Waals surface area contributed by atoms with Crippen molar-refractivity contribution in [3.05, 3.63) is 59.2 Å². The molecule has 0 aromatic heterocycles. The number of hydrogen-bond donors (Lipinski definition) is 3. The van der Waals surface area contributed by atoms with E-state index < -0.39 is 23.7 Å². The minimum atomic E-state index is -0.635. The second-order valence-electron chi connectivity index (χ2n) is 4.99. The first-order chi connectivity index (χ1) is 9.90. The van der Waals surface area contributed by atoms with E-state index in [1.165, 1.54) is 30.3 Å². The molecule has 2 unspecified atom stereocenters. The number of rotatable bonds is 4. The summed E-state index contributed by atoms with van der Waals surface area (Å²) in [5, 5.41) is 22.7. The van der Waals surface area contributed by atoms with Crippen LogP contribution in [0.2, 0.25) is 0 Å². The van der Waals surface area contributed by atoms with Gasteiger partial charge in [0.05, 0.1) is 5.56 Å². The van der Waals surface area contributed by atoms with Gasteiger partial charge < -0.3 is 15.5 Å². The summed E-state index contributed by atoms with van der Waals surface area (Å²) in [4.78, 5) is 0. The van der Waals surface area contributed by atoms with Crippen LogP contribution in [-0.4, -0.2) is 10.2 Å². The van der Waals surface area contributed by atoms with Crippen LogP contribution in [0.3, 0.4) is 0 Å². The standard InChI is InChI=1S/C16H17F2NO2/c1-9(12-7-6-11(17)8-13(12)18)19-10(2)16-14(20)4-3-5-15(16)21/h3-10,19-21H,1-2H3. The van der Waals surface area contributed by atoms with Gasteiger partial charge in [0.25, 0.3) is 0 Å². The lowest BCUT2D eigenvalue weighted by Gasteiger charge is -2.22. The molecule has 0 fully saturated rings. The summed E-state index contributed by atoms with van der Waals surface area (Å²) in [5.74, 6) is -1.35. The number of hydrogen-bond acceptors (Lipinski definition) is 3. The maximum absolute atomic E-state index is 13.7. The molecule has 0 aliphatic heterocycles. The lowest BCUT2D eigenvalue weighted by atomic mass is 10.0. The Bertz CT molecular complexity index is 626. The van der Waals surface area contributed by atoms with Crippen molar-refractivity contribution in [2.24, 2.45) is 0 Å². The van der Waals surface area contributed by atoms with Gasteiger partial charge in [-0.05, 0) is 32.0 Å². The predicted molar refractivity (Wildman–Crippen MR) is 76.1 cm³/mol. The van der Waals surface area contributed by atoms with Crippen molar-refractivity contribution in [1.29, 1.82) is 0 Å². The van der Waals surface area contributed by atoms with Crippen LogP contribution < -0.4 is 5.32 Å². The third-order valence-electron chi connectivity index (χ3n) is 3.42. The van der Waals surface area contributed by atoms with E-state index in [2.05, 4.69) is 5.32 Å². The van der Waals surface area contributed by atoms with E-state index in [9.17, 15) is 19.0 Å². The molecule has 0 bridgehead atoms. The molecule has 0 spiro atoms. The molecule has 21 heavy (non-hydrogen) atoms. The molecule has 0 amide bonds. The summed E-state index contributed by atoms with van der Waals surface area (Å²) < 4.78 is 26.7. The Balaban J connectivity index is 2.21. The molecule has 2 aromatic carbocycles. The number of benzene rings is 2. The molecule has 3 nitrogen and oxygen atoms in total. The lowest BCUT2D eigenvalue weighted by molar-refractivity contribution is 0.404. The minimum Gasteiger partial charge on any atom is -0.507 e. The summed E-state index contributed by atoms with van der Waals surface area (Å²) in [6, 6.07) is 7.04. The van der Waals surface area contributed by atoms with E-state index in [-0.39, 0.29) is 11.5 Å². The Morgan fingerprint density at radius 1 is 0.952 bits per heavy atom. The molecule has 5 heteroatoms. The van der Waals surface area contributed by atoms with Crippen molar-refractivity contribution >= 4 is 0 Å². The largest absolute Gasteiger partial charge is 0.507 e. The number of nitrogens with one attached hydrogen (secondary N) is 1. The van der Waals surface area contributed by atoms with Crippen LogP contribution in [0.25, 0.3) is 0 Å². The highest BCUT2D eigenvalue weighted by atomic mass is 19.1. The lowest BCUT2D eigenvalue weighted by Crippen LogP contribution is -2.23. The van der Waals surface area contributed by atoms with Gasteiger partial charge >= 0.3 is 0 Å². The zero-order chi connectivity index (χ0) is 15.6. The van der Waals surface area contributed by atoms with Gasteiger partial charge in [-0.3, -0.25) is 0 Å². The van der Waals surface area contributed by atoms with Gasteiger partial charge in [-0.15, -0.1) is 0 Å². The fraction of sp³-hybridized carbons (Fsp3) is 0.250. The van der Waals surface area contributed by atoms with E-state index >= 15 is 0 Å². The number of phenolic OH excluding ortho intramolecular Hbond substituents is 2. The Hall–Kier alpha value is -2.14. The topological polar surface area (TPSA) is 52.5 Å². The van der Waals surface area contributed by atoms with Gasteiger partial charge in [-0.25, -0.2) is 8.78 Å². The third-order valence-corrected chi connectivity index (χ3v) is 3.42. The Kier molecular flexibility index (Phi) is 4.43. The molecule has 0 saturated carbocycles. The van der Waals surface area contributed by atoms with Gasteiger partial charge in [0, 0.05) is 23.7 Å². The maximum Gasteiger partial charge on any atom is 0.130 e. The van der Waals surface area contributed by atoms with Crippen molar-refractivity contribution in [3.8, 4) is 11.5 Å². The molecular formula is C16H17F2NO2. The predicted octanol–water partition coefficient (Wildman–Crippen LogP) is 3.79. The van der Waals surface area contributed by atoms with E-state index in [0.29, 0.717) is 11.1 Å². The highest BCUT2D eigenvalue weighted by Crippen LogP contribution is 2.33. The maximum atomic E-state index is 13.7. The Labute approximate surface area is 121 Å². The Morgan fingerprint density at radius 2 is 1.57 bits per heavy atom. The smallest absolute Gasteiger partial charge is 0.130 e. The molecular weight excluding hydrogens is 276 g/mol. The van der Waals surface area contributed by atoms with E-state index in [1.807, 2.05) is 0 Å². The van der Waals surface area contributed by atoms with Crippen molar-refractivity contribution in [3.63, 3.8) is 0 Å². The van der Waals surface area contributed by atoms with E-state index in [0.717, 1.165) is 6.07 Å². The van der Waals surface area contributed by atoms with Crippen molar-refractivity contribution in [1.82, 2.24) is 5.32 Å². The van der Waals surface area contributed by atoms with Gasteiger partial charge in [0.2, 0.25) is 0 Å². The van der Waals surface area contributed by atoms with Crippen LogP contribution >= 0.6 is 0 Å². The molecule has 0 aliphatic carbocycles. The molecule has 2 aromatic rings. The third kappa shape index (κ3) is 3.31. The monoisotopic (exact) mass is 293 g/mol. The molecule has 0 radical (unpaired) electrons. The molecule has 2 atom stereocenters. The zero-order valence-electron chi connectivity index (χ0n) is 11.8. The van der Waals surface area contributed by atoms with E-state index in [1.54, 1.807) is 13.8 Å². The normalized spacial score (nSPS) is 13.9. The van der Waals surface area contributed by atoms with Crippen molar-refractivity contribution in [2.45, 2.75) is 25.9 Å². The fourth-order valence-corrected chi connectivity index (χ4v) is 2.39. The average molecular weight is 293 g/mol.